The molecule has 4 heteroatoms. The number of esters is 1. The largest absolute Gasteiger partial charge is 0.462 e. The highest BCUT2D eigenvalue weighted by Crippen LogP contribution is 2.33. The molecule has 0 aliphatic carbocycles. The van der Waals surface area contributed by atoms with Crippen molar-refractivity contribution in [2.75, 3.05) is 6.61 Å². The maximum absolute atomic E-state index is 12.1. The van der Waals surface area contributed by atoms with Crippen molar-refractivity contribution >= 4 is 11.9 Å². The van der Waals surface area contributed by atoms with E-state index in [0.29, 0.717) is 13.0 Å². The van der Waals surface area contributed by atoms with E-state index in [2.05, 4.69) is 0 Å². The van der Waals surface area contributed by atoms with E-state index >= 15 is 0 Å². The summed E-state index contributed by atoms with van der Waals surface area (Å²) in [6, 6.07) is 8.88. The van der Waals surface area contributed by atoms with Gasteiger partial charge in [-0.2, -0.15) is 0 Å². The summed E-state index contributed by atoms with van der Waals surface area (Å²) in [5.74, 6) is -0.246. The van der Waals surface area contributed by atoms with Crippen molar-refractivity contribution in [3.05, 3.63) is 35.9 Å². The van der Waals surface area contributed by atoms with E-state index in [-0.39, 0.29) is 17.9 Å². The molecule has 0 bridgehead atoms. The van der Waals surface area contributed by atoms with Crippen molar-refractivity contribution in [3.63, 3.8) is 0 Å². The van der Waals surface area contributed by atoms with Crippen LogP contribution in [0.25, 0.3) is 0 Å². The quantitative estimate of drug-likeness (QED) is 0.707. The number of hydrogen-bond donors (Lipinski definition) is 0. The van der Waals surface area contributed by atoms with Gasteiger partial charge in [-0.1, -0.05) is 30.3 Å². The molecule has 18 heavy (non-hydrogen) atoms. The van der Waals surface area contributed by atoms with Crippen LogP contribution in [0.4, 0.5) is 0 Å². The third-order valence-electron chi connectivity index (χ3n) is 3.64. The molecule has 3 rings (SSSR count). The summed E-state index contributed by atoms with van der Waals surface area (Å²) in [5, 5.41) is 0. The summed E-state index contributed by atoms with van der Waals surface area (Å²) in [4.78, 5) is 25.8. The molecule has 94 valence electrons. The Morgan fingerprint density at radius 2 is 1.94 bits per heavy atom. The van der Waals surface area contributed by atoms with Crippen molar-refractivity contribution in [2.24, 2.45) is 0 Å². The van der Waals surface area contributed by atoms with Crippen LogP contribution >= 0.6 is 0 Å². The van der Waals surface area contributed by atoms with E-state index in [1.807, 2.05) is 30.3 Å². The Balaban J connectivity index is 1.98. The number of cyclic esters (lactones) is 1. The first-order valence-electron chi connectivity index (χ1n) is 6.30. The third kappa shape index (κ3) is 1.78. The Labute approximate surface area is 106 Å². The van der Waals surface area contributed by atoms with Gasteiger partial charge >= 0.3 is 5.97 Å². The number of rotatable bonds is 1. The zero-order chi connectivity index (χ0) is 12.5. The molecule has 4 nitrogen and oxygen atoms in total. The second kappa shape index (κ2) is 4.44. The van der Waals surface area contributed by atoms with Gasteiger partial charge in [0.15, 0.2) is 6.04 Å². The van der Waals surface area contributed by atoms with Gasteiger partial charge in [-0.25, -0.2) is 4.79 Å². The lowest BCUT2D eigenvalue weighted by Crippen LogP contribution is -2.54. The van der Waals surface area contributed by atoms with Crippen LogP contribution in [0, 0.1) is 0 Å². The van der Waals surface area contributed by atoms with Gasteiger partial charge in [0.25, 0.3) is 0 Å². The zero-order valence-electron chi connectivity index (χ0n) is 10.0. The second-order valence-corrected chi connectivity index (χ2v) is 4.79. The van der Waals surface area contributed by atoms with Crippen LogP contribution in [-0.4, -0.2) is 29.4 Å². The molecule has 2 aliphatic heterocycles. The molecule has 2 atom stereocenters. The Morgan fingerprint density at radius 3 is 2.72 bits per heavy atom. The predicted molar refractivity (Wildman–Crippen MR) is 64.6 cm³/mol. The molecule has 0 N–H and O–H groups in total. The number of benzene rings is 1. The molecule has 1 amide bonds. The predicted octanol–water partition coefficient (Wildman–Crippen LogP) is 1.67. The fraction of sp³-hybridized carbons (Fsp3) is 0.429. The van der Waals surface area contributed by atoms with Crippen LogP contribution in [0.3, 0.4) is 0 Å². The SMILES string of the molecule is O=C1OC[C@@H]2CCCC(=O)N2[C@@H]1c1ccccc1. The minimum atomic E-state index is -0.558. The minimum absolute atomic E-state index is 0.0501. The van der Waals surface area contributed by atoms with Gasteiger partial charge in [0, 0.05) is 6.42 Å². The summed E-state index contributed by atoms with van der Waals surface area (Å²) in [5.41, 5.74) is 0.836. The number of hydrogen-bond acceptors (Lipinski definition) is 3. The first kappa shape index (κ1) is 11.3. The Morgan fingerprint density at radius 1 is 1.17 bits per heavy atom. The van der Waals surface area contributed by atoms with E-state index in [0.717, 1.165) is 18.4 Å². The topological polar surface area (TPSA) is 46.6 Å². The molecule has 0 radical (unpaired) electrons. The number of piperidine rings is 1. The molecule has 1 aromatic carbocycles. The first-order chi connectivity index (χ1) is 8.77. The molecular weight excluding hydrogens is 230 g/mol. The van der Waals surface area contributed by atoms with Crippen molar-refractivity contribution < 1.29 is 14.3 Å². The molecule has 2 saturated heterocycles. The van der Waals surface area contributed by atoms with Gasteiger partial charge in [-0.05, 0) is 18.4 Å². The molecule has 0 spiro atoms. The highest BCUT2D eigenvalue weighted by molar-refractivity contribution is 5.87. The van der Waals surface area contributed by atoms with Crippen LogP contribution in [0.1, 0.15) is 30.9 Å². The van der Waals surface area contributed by atoms with E-state index in [1.54, 1.807) is 4.90 Å². The normalized spacial score (nSPS) is 27.7. The summed E-state index contributed by atoms with van der Waals surface area (Å²) in [6.45, 7) is 0.341. The standard InChI is InChI=1S/C14H15NO3/c16-12-8-4-7-11-9-18-14(17)13(15(11)12)10-5-2-1-3-6-10/h1-3,5-6,11,13H,4,7-9H2/t11-,13+/m0/s1. The second-order valence-electron chi connectivity index (χ2n) is 4.79. The van der Waals surface area contributed by atoms with Gasteiger partial charge in [-0.3, -0.25) is 4.79 Å². The summed E-state index contributed by atoms with van der Waals surface area (Å²) in [7, 11) is 0. The minimum Gasteiger partial charge on any atom is -0.462 e. The fourth-order valence-corrected chi connectivity index (χ4v) is 2.78. The average molecular weight is 245 g/mol. The summed E-state index contributed by atoms with van der Waals surface area (Å²) >= 11 is 0. The van der Waals surface area contributed by atoms with Crippen molar-refractivity contribution in [1.82, 2.24) is 4.90 Å². The van der Waals surface area contributed by atoms with E-state index in [1.165, 1.54) is 0 Å². The Kier molecular flexibility index (Phi) is 2.78. The van der Waals surface area contributed by atoms with Gasteiger partial charge in [0.1, 0.15) is 6.61 Å². The maximum atomic E-state index is 12.1. The fourth-order valence-electron chi connectivity index (χ4n) is 2.78. The van der Waals surface area contributed by atoms with E-state index < -0.39 is 6.04 Å². The van der Waals surface area contributed by atoms with E-state index in [9.17, 15) is 9.59 Å². The number of morpholine rings is 1. The average Bonchev–Trinajstić information content (AvgIpc) is 2.40. The van der Waals surface area contributed by atoms with Crippen molar-refractivity contribution in [3.8, 4) is 0 Å². The highest BCUT2D eigenvalue weighted by atomic mass is 16.5. The molecule has 2 heterocycles. The van der Waals surface area contributed by atoms with Gasteiger partial charge < -0.3 is 9.64 Å². The Hall–Kier alpha value is -1.84. The highest BCUT2D eigenvalue weighted by Gasteiger charge is 2.43. The van der Waals surface area contributed by atoms with Crippen molar-refractivity contribution in [1.29, 1.82) is 0 Å². The molecule has 1 aromatic rings. The molecule has 2 aliphatic rings. The van der Waals surface area contributed by atoms with Gasteiger partial charge in [0.05, 0.1) is 6.04 Å². The zero-order valence-corrected chi connectivity index (χ0v) is 10.0. The smallest absolute Gasteiger partial charge is 0.333 e. The first-order valence-corrected chi connectivity index (χ1v) is 6.30. The molecule has 0 saturated carbocycles. The van der Waals surface area contributed by atoms with Crippen LogP contribution in [0.2, 0.25) is 0 Å². The molecule has 0 unspecified atom stereocenters. The lowest BCUT2D eigenvalue weighted by Gasteiger charge is -2.43. The number of amides is 1. The van der Waals surface area contributed by atoms with Crippen LogP contribution in [0.15, 0.2) is 30.3 Å². The lowest BCUT2D eigenvalue weighted by atomic mass is 9.94. The molecule has 0 aromatic heterocycles. The number of ether oxygens (including phenoxy) is 1. The number of fused-ring (bicyclic) bond motifs is 1. The summed E-state index contributed by atoms with van der Waals surface area (Å²) < 4.78 is 5.23. The van der Waals surface area contributed by atoms with Gasteiger partial charge in [0.2, 0.25) is 5.91 Å². The number of carbonyl (C=O) groups excluding carboxylic acids is 2. The van der Waals surface area contributed by atoms with E-state index in [4.69, 9.17) is 4.74 Å². The number of nitrogens with zero attached hydrogens (tertiary/aromatic N) is 1. The van der Waals surface area contributed by atoms with Crippen molar-refractivity contribution in [2.45, 2.75) is 31.3 Å². The van der Waals surface area contributed by atoms with Gasteiger partial charge in [-0.15, -0.1) is 0 Å². The van der Waals surface area contributed by atoms with Crippen LogP contribution < -0.4 is 0 Å². The van der Waals surface area contributed by atoms with Crippen LogP contribution in [0.5, 0.6) is 0 Å². The number of carbonyl (C=O) groups is 2. The molecular formula is C14H15NO3. The van der Waals surface area contributed by atoms with Crippen LogP contribution in [-0.2, 0) is 14.3 Å². The summed E-state index contributed by atoms with van der Waals surface area (Å²) in [6.07, 6.45) is 2.34. The lowest BCUT2D eigenvalue weighted by molar-refractivity contribution is -0.173. The third-order valence-corrected chi connectivity index (χ3v) is 3.64. The Bertz CT molecular complexity index is 471. The monoisotopic (exact) mass is 245 g/mol. The maximum Gasteiger partial charge on any atom is 0.333 e. The molecule has 2 fully saturated rings.